The molecule has 0 aliphatic carbocycles. The molecular weight excluding hydrogens is 214 g/mol. The fraction of sp³-hybridized carbons (Fsp3) is 1.00. The van der Waals surface area contributed by atoms with Crippen LogP contribution in [0.25, 0.3) is 0 Å². The summed E-state index contributed by atoms with van der Waals surface area (Å²) in [6, 6.07) is -0.202. The Kier molecular flexibility index (Phi) is 4.51. The number of rotatable bonds is 4. The highest BCUT2D eigenvalue weighted by Gasteiger charge is 2.27. The zero-order valence-electron chi connectivity index (χ0n) is 9.44. The van der Waals surface area contributed by atoms with Crippen molar-refractivity contribution in [3.8, 4) is 0 Å². The van der Waals surface area contributed by atoms with Crippen LogP contribution >= 0.6 is 0 Å². The molecule has 0 radical (unpaired) electrons. The second kappa shape index (κ2) is 5.25. The average molecular weight is 235 g/mol. The zero-order chi connectivity index (χ0) is 11.5. The van der Waals surface area contributed by atoms with E-state index in [0.29, 0.717) is 25.6 Å². The first kappa shape index (κ1) is 12.9. The molecule has 2 atom stereocenters. The number of nitrogens with two attached hydrogens (primary N) is 1. The van der Waals surface area contributed by atoms with Crippen molar-refractivity contribution in [1.82, 2.24) is 9.03 Å². The van der Waals surface area contributed by atoms with Gasteiger partial charge in [-0.3, -0.25) is 0 Å². The Morgan fingerprint density at radius 3 is 2.80 bits per heavy atom. The molecule has 0 spiro atoms. The molecule has 0 saturated carbocycles. The van der Waals surface area contributed by atoms with E-state index in [0.717, 1.165) is 12.8 Å². The van der Waals surface area contributed by atoms with Gasteiger partial charge in [-0.2, -0.15) is 17.4 Å². The minimum Gasteiger partial charge on any atom is -0.329 e. The molecule has 1 unspecified atom stereocenters. The molecule has 1 fully saturated rings. The number of hydrogen-bond donors (Lipinski definition) is 2. The number of piperidine rings is 1. The van der Waals surface area contributed by atoms with Gasteiger partial charge in [0.25, 0.3) is 10.2 Å². The smallest absolute Gasteiger partial charge is 0.279 e. The van der Waals surface area contributed by atoms with Crippen molar-refractivity contribution in [3.05, 3.63) is 0 Å². The van der Waals surface area contributed by atoms with E-state index in [2.05, 4.69) is 11.6 Å². The van der Waals surface area contributed by atoms with Crippen LogP contribution in [0.4, 0.5) is 0 Å². The van der Waals surface area contributed by atoms with Crippen LogP contribution in [0.1, 0.15) is 26.7 Å². The summed E-state index contributed by atoms with van der Waals surface area (Å²) in [7, 11) is -3.32. The van der Waals surface area contributed by atoms with Gasteiger partial charge in [0.05, 0.1) is 0 Å². The van der Waals surface area contributed by atoms with Crippen molar-refractivity contribution in [3.63, 3.8) is 0 Å². The van der Waals surface area contributed by atoms with Gasteiger partial charge in [-0.25, -0.2) is 0 Å². The van der Waals surface area contributed by atoms with Crippen molar-refractivity contribution >= 4 is 10.2 Å². The molecule has 1 rings (SSSR count). The summed E-state index contributed by atoms with van der Waals surface area (Å²) in [6.45, 7) is 5.41. The van der Waals surface area contributed by atoms with Crippen molar-refractivity contribution in [2.24, 2.45) is 11.7 Å². The Balaban J connectivity index is 2.60. The van der Waals surface area contributed by atoms with E-state index < -0.39 is 10.2 Å². The maximum absolute atomic E-state index is 11.9. The lowest BCUT2D eigenvalue weighted by Crippen LogP contribution is -2.49. The SMILES string of the molecule is CC1CCCN(S(=O)(=O)N[C@@H](C)CN)C1. The molecule has 90 valence electrons. The number of nitrogens with zero attached hydrogens (tertiary/aromatic N) is 1. The highest BCUT2D eigenvalue weighted by Crippen LogP contribution is 2.17. The first-order valence-electron chi connectivity index (χ1n) is 5.43. The molecule has 1 aliphatic rings. The maximum Gasteiger partial charge on any atom is 0.279 e. The van der Waals surface area contributed by atoms with Crippen LogP contribution < -0.4 is 10.5 Å². The van der Waals surface area contributed by atoms with Crippen molar-refractivity contribution in [2.75, 3.05) is 19.6 Å². The summed E-state index contributed by atoms with van der Waals surface area (Å²) in [5.41, 5.74) is 5.39. The van der Waals surface area contributed by atoms with E-state index in [1.54, 1.807) is 6.92 Å². The third-order valence-corrected chi connectivity index (χ3v) is 4.38. The molecule has 1 aliphatic heterocycles. The predicted octanol–water partition coefficient (Wildman–Crippen LogP) is -0.100. The van der Waals surface area contributed by atoms with Gasteiger partial charge < -0.3 is 5.73 Å². The predicted molar refractivity (Wildman–Crippen MR) is 60.5 cm³/mol. The molecule has 0 aromatic carbocycles. The normalized spacial score (nSPS) is 26.5. The third-order valence-electron chi connectivity index (χ3n) is 2.66. The zero-order valence-corrected chi connectivity index (χ0v) is 10.3. The molecule has 0 aromatic heterocycles. The van der Waals surface area contributed by atoms with Gasteiger partial charge in [0.1, 0.15) is 0 Å². The first-order chi connectivity index (χ1) is 6.95. The van der Waals surface area contributed by atoms with Crippen LogP contribution in [-0.4, -0.2) is 38.4 Å². The molecule has 15 heavy (non-hydrogen) atoms. The van der Waals surface area contributed by atoms with Crippen molar-refractivity contribution in [1.29, 1.82) is 0 Å². The molecule has 0 aromatic rings. The standard InChI is InChI=1S/C9H21N3O2S/c1-8-4-3-5-12(7-8)15(13,14)11-9(2)6-10/h8-9,11H,3-7,10H2,1-2H3/t8?,9-/m0/s1. The van der Waals surface area contributed by atoms with Crippen LogP contribution in [-0.2, 0) is 10.2 Å². The summed E-state index contributed by atoms with van der Waals surface area (Å²) >= 11 is 0. The van der Waals surface area contributed by atoms with Crippen molar-refractivity contribution in [2.45, 2.75) is 32.7 Å². The van der Waals surface area contributed by atoms with E-state index in [9.17, 15) is 8.42 Å². The lowest BCUT2D eigenvalue weighted by atomic mass is 10.0. The quantitative estimate of drug-likeness (QED) is 0.714. The van der Waals surface area contributed by atoms with Gasteiger partial charge in [0, 0.05) is 25.7 Å². The summed E-state index contributed by atoms with van der Waals surface area (Å²) in [4.78, 5) is 0. The highest BCUT2D eigenvalue weighted by molar-refractivity contribution is 7.87. The Morgan fingerprint density at radius 1 is 1.60 bits per heavy atom. The van der Waals surface area contributed by atoms with Gasteiger partial charge in [-0.05, 0) is 25.7 Å². The lowest BCUT2D eigenvalue weighted by Gasteiger charge is -2.30. The van der Waals surface area contributed by atoms with Gasteiger partial charge >= 0.3 is 0 Å². The second-order valence-corrected chi connectivity index (χ2v) is 6.07. The third kappa shape index (κ3) is 3.71. The van der Waals surface area contributed by atoms with Gasteiger partial charge in [-0.1, -0.05) is 6.92 Å². The van der Waals surface area contributed by atoms with Crippen LogP contribution in [0.5, 0.6) is 0 Å². The monoisotopic (exact) mass is 235 g/mol. The minimum atomic E-state index is -3.32. The maximum atomic E-state index is 11.9. The Bertz CT molecular complexity index is 292. The second-order valence-electron chi connectivity index (χ2n) is 4.37. The Hall–Kier alpha value is -0.170. The van der Waals surface area contributed by atoms with Crippen LogP contribution in [0.15, 0.2) is 0 Å². The van der Waals surface area contributed by atoms with E-state index in [4.69, 9.17) is 5.73 Å². The van der Waals surface area contributed by atoms with Crippen molar-refractivity contribution < 1.29 is 8.42 Å². The largest absolute Gasteiger partial charge is 0.329 e. The number of hydrogen-bond acceptors (Lipinski definition) is 3. The highest BCUT2D eigenvalue weighted by atomic mass is 32.2. The van der Waals surface area contributed by atoms with Crippen LogP contribution in [0.2, 0.25) is 0 Å². The van der Waals surface area contributed by atoms with Crippen LogP contribution in [0, 0.1) is 5.92 Å². The van der Waals surface area contributed by atoms with Gasteiger partial charge in [0.15, 0.2) is 0 Å². The van der Waals surface area contributed by atoms with E-state index >= 15 is 0 Å². The first-order valence-corrected chi connectivity index (χ1v) is 6.87. The molecule has 6 heteroatoms. The number of nitrogens with one attached hydrogen (secondary N) is 1. The lowest BCUT2D eigenvalue weighted by molar-refractivity contribution is 0.277. The topological polar surface area (TPSA) is 75.4 Å². The fourth-order valence-electron chi connectivity index (χ4n) is 1.74. The van der Waals surface area contributed by atoms with Gasteiger partial charge in [0.2, 0.25) is 0 Å². The molecule has 3 N–H and O–H groups in total. The van der Waals surface area contributed by atoms with E-state index in [1.807, 2.05) is 0 Å². The molecular formula is C9H21N3O2S. The van der Waals surface area contributed by atoms with Gasteiger partial charge in [-0.15, -0.1) is 0 Å². The molecule has 1 saturated heterocycles. The average Bonchev–Trinajstić information content (AvgIpc) is 2.17. The fourth-order valence-corrected chi connectivity index (χ4v) is 3.32. The molecule has 0 amide bonds. The molecule has 0 bridgehead atoms. The van der Waals surface area contributed by atoms with E-state index in [1.165, 1.54) is 4.31 Å². The summed E-state index contributed by atoms with van der Waals surface area (Å²) in [5.74, 6) is 0.448. The Labute approximate surface area is 92.2 Å². The molecule has 5 nitrogen and oxygen atoms in total. The van der Waals surface area contributed by atoms with E-state index in [-0.39, 0.29) is 6.04 Å². The van der Waals surface area contributed by atoms with Crippen LogP contribution in [0.3, 0.4) is 0 Å². The minimum absolute atomic E-state index is 0.202. The summed E-state index contributed by atoms with van der Waals surface area (Å²) in [6.07, 6.45) is 2.05. The summed E-state index contributed by atoms with van der Waals surface area (Å²) in [5, 5.41) is 0. The summed E-state index contributed by atoms with van der Waals surface area (Å²) < 4.78 is 27.8. The Morgan fingerprint density at radius 2 is 2.27 bits per heavy atom. The molecule has 1 heterocycles.